The van der Waals surface area contributed by atoms with Crippen molar-refractivity contribution in [2.45, 2.75) is 84.0 Å². The molecule has 0 aromatic carbocycles. The molecule has 0 amide bonds. The Bertz CT molecular complexity index is 269. The normalized spacial score (nSPS) is 10.9. The van der Waals surface area contributed by atoms with E-state index in [0.29, 0.717) is 13.0 Å². The number of hydrogen-bond donors (Lipinski definition) is 0. The number of carbonyl (C=O) groups excluding carboxylic acids is 1. The SMILES string of the molecule is C=CCCCCCCCCC(=O)OCCCCC=CCC. The number of allylic oxidation sites excluding steroid dienone is 3. The maximum atomic E-state index is 11.5. The van der Waals surface area contributed by atoms with Crippen LogP contribution in [0.1, 0.15) is 84.0 Å². The highest BCUT2D eigenvalue weighted by Crippen LogP contribution is 2.09. The van der Waals surface area contributed by atoms with E-state index < -0.39 is 0 Å². The largest absolute Gasteiger partial charge is 0.466 e. The van der Waals surface area contributed by atoms with Gasteiger partial charge < -0.3 is 4.74 Å². The zero-order valence-corrected chi connectivity index (χ0v) is 13.9. The monoisotopic (exact) mass is 294 g/mol. The fourth-order valence-electron chi connectivity index (χ4n) is 2.17. The van der Waals surface area contributed by atoms with E-state index in [2.05, 4.69) is 25.7 Å². The van der Waals surface area contributed by atoms with Crippen molar-refractivity contribution in [3.05, 3.63) is 24.8 Å². The summed E-state index contributed by atoms with van der Waals surface area (Å²) < 4.78 is 5.23. The van der Waals surface area contributed by atoms with Gasteiger partial charge in [0.25, 0.3) is 0 Å². The lowest BCUT2D eigenvalue weighted by Gasteiger charge is -2.04. The van der Waals surface area contributed by atoms with Crippen LogP contribution in [-0.4, -0.2) is 12.6 Å². The molecule has 21 heavy (non-hydrogen) atoms. The third-order valence-electron chi connectivity index (χ3n) is 3.47. The Kier molecular flexibility index (Phi) is 16.2. The summed E-state index contributed by atoms with van der Waals surface area (Å²) in [4.78, 5) is 11.5. The lowest BCUT2D eigenvalue weighted by molar-refractivity contribution is -0.143. The van der Waals surface area contributed by atoms with Gasteiger partial charge in [-0.05, 0) is 44.9 Å². The summed E-state index contributed by atoms with van der Waals surface area (Å²) >= 11 is 0. The number of ether oxygens (including phenoxy) is 1. The van der Waals surface area contributed by atoms with E-state index in [1.807, 2.05) is 6.08 Å². The van der Waals surface area contributed by atoms with Gasteiger partial charge in [-0.25, -0.2) is 0 Å². The molecule has 0 aromatic heterocycles. The summed E-state index contributed by atoms with van der Waals surface area (Å²) in [5.41, 5.74) is 0. The Hall–Kier alpha value is -1.05. The molecule has 0 heterocycles. The predicted molar refractivity (Wildman–Crippen MR) is 91.4 cm³/mol. The van der Waals surface area contributed by atoms with Gasteiger partial charge in [0.15, 0.2) is 0 Å². The van der Waals surface area contributed by atoms with Gasteiger partial charge in [-0.3, -0.25) is 4.79 Å². The number of rotatable bonds is 15. The first kappa shape index (κ1) is 19.9. The van der Waals surface area contributed by atoms with Crippen LogP contribution >= 0.6 is 0 Å². The molecule has 0 radical (unpaired) electrons. The second-order valence-electron chi connectivity index (χ2n) is 5.54. The molecule has 0 saturated heterocycles. The molecule has 0 bridgehead atoms. The zero-order chi connectivity index (χ0) is 15.6. The van der Waals surface area contributed by atoms with Crippen LogP contribution in [0.25, 0.3) is 0 Å². The summed E-state index contributed by atoms with van der Waals surface area (Å²) in [5, 5.41) is 0. The van der Waals surface area contributed by atoms with Crippen molar-refractivity contribution in [1.82, 2.24) is 0 Å². The number of carbonyl (C=O) groups is 1. The van der Waals surface area contributed by atoms with Gasteiger partial charge in [-0.2, -0.15) is 0 Å². The second-order valence-corrected chi connectivity index (χ2v) is 5.54. The first-order valence-corrected chi connectivity index (χ1v) is 8.72. The van der Waals surface area contributed by atoms with E-state index in [9.17, 15) is 4.79 Å². The molecule has 0 unspecified atom stereocenters. The van der Waals surface area contributed by atoms with Crippen LogP contribution in [0.2, 0.25) is 0 Å². The number of unbranched alkanes of at least 4 members (excludes halogenated alkanes) is 8. The molecule has 0 aliphatic rings. The van der Waals surface area contributed by atoms with E-state index >= 15 is 0 Å². The van der Waals surface area contributed by atoms with Crippen LogP contribution in [-0.2, 0) is 9.53 Å². The Morgan fingerprint density at radius 3 is 2.29 bits per heavy atom. The maximum absolute atomic E-state index is 11.5. The van der Waals surface area contributed by atoms with Crippen LogP contribution in [0.5, 0.6) is 0 Å². The highest BCUT2D eigenvalue weighted by molar-refractivity contribution is 5.69. The van der Waals surface area contributed by atoms with Gasteiger partial charge in [-0.1, -0.05) is 50.8 Å². The van der Waals surface area contributed by atoms with Gasteiger partial charge in [-0.15, -0.1) is 6.58 Å². The minimum Gasteiger partial charge on any atom is -0.466 e. The molecule has 0 aromatic rings. The van der Waals surface area contributed by atoms with Crippen molar-refractivity contribution in [2.75, 3.05) is 6.61 Å². The van der Waals surface area contributed by atoms with E-state index in [4.69, 9.17) is 4.74 Å². The first-order chi connectivity index (χ1) is 10.3. The predicted octanol–water partition coefficient (Wildman–Crippen LogP) is 5.97. The zero-order valence-electron chi connectivity index (χ0n) is 13.9. The first-order valence-electron chi connectivity index (χ1n) is 8.72. The van der Waals surface area contributed by atoms with Crippen LogP contribution < -0.4 is 0 Å². The van der Waals surface area contributed by atoms with Crippen molar-refractivity contribution in [1.29, 1.82) is 0 Å². The van der Waals surface area contributed by atoms with Gasteiger partial charge in [0.2, 0.25) is 0 Å². The molecular weight excluding hydrogens is 260 g/mol. The van der Waals surface area contributed by atoms with Crippen LogP contribution in [0, 0.1) is 0 Å². The minimum atomic E-state index is -0.0224. The summed E-state index contributed by atoms with van der Waals surface area (Å²) in [6, 6.07) is 0. The molecule has 0 N–H and O–H groups in total. The molecule has 0 spiro atoms. The van der Waals surface area contributed by atoms with Gasteiger partial charge in [0.05, 0.1) is 6.61 Å². The second kappa shape index (κ2) is 17.0. The molecule has 0 saturated carbocycles. The van der Waals surface area contributed by atoms with Gasteiger partial charge in [0, 0.05) is 6.42 Å². The quantitative estimate of drug-likeness (QED) is 0.211. The average Bonchev–Trinajstić information content (AvgIpc) is 2.49. The van der Waals surface area contributed by atoms with E-state index in [1.54, 1.807) is 0 Å². The standard InChI is InChI=1S/C19H34O2/c1-3-5-7-9-11-12-13-15-17-19(20)21-18-16-14-10-8-6-4-2/h3,6,8H,1,4-5,7,9-18H2,2H3. The minimum absolute atomic E-state index is 0.0224. The molecular formula is C19H34O2. The van der Waals surface area contributed by atoms with Gasteiger partial charge in [0.1, 0.15) is 0 Å². The molecule has 0 fully saturated rings. The Morgan fingerprint density at radius 1 is 0.905 bits per heavy atom. The average molecular weight is 294 g/mol. The van der Waals surface area contributed by atoms with Gasteiger partial charge >= 0.3 is 5.97 Å². The Labute approximate surface area is 131 Å². The van der Waals surface area contributed by atoms with Crippen LogP contribution in [0.15, 0.2) is 24.8 Å². The molecule has 2 nitrogen and oxygen atoms in total. The van der Waals surface area contributed by atoms with Crippen molar-refractivity contribution < 1.29 is 9.53 Å². The lowest BCUT2D eigenvalue weighted by Crippen LogP contribution is -2.05. The molecule has 122 valence electrons. The highest BCUT2D eigenvalue weighted by atomic mass is 16.5. The summed E-state index contributed by atoms with van der Waals surface area (Å²) in [6.07, 6.45) is 19.5. The smallest absolute Gasteiger partial charge is 0.305 e. The molecule has 0 atom stereocenters. The third-order valence-corrected chi connectivity index (χ3v) is 3.47. The van der Waals surface area contributed by atoms with E-state index in [0.717, 1.165) is 44.9 Å². The van der Waals surface area contributed by atoms with Crippen molar-refractivity contribution in [3.63, 3.8) is 0 Å². The van der Waals surface area contributed by atoms with Crippen LogP contribution in [0.3, 0.4) is 0 Å². The fraction of sp³-hybridized carbons (Fsp3) is 0.737. The summed E-state index contributed by atoms with van der Waals surface area (Å²) in [6.45, 7) is 6.44. The Morgan fingerprint density at radius 2 is 1.57 bits per heavy atom. The number of hydrogen-bond acceptors (Lipinski definition) is 2. The topological polar surface area (TPSA) is 26.3 Å². The fourth-order valence-corrected chi connectivity index (χ4v) is 2.17. The summed E-state index contributed by atoms with van der Waals surface area (Å²) in [5.74, 6) is -0.0224. The molecule has 0 aliphatic heterocycles. The number of esters is 1. The lowest BCUT2D eigenvalue weighted by atomic mass is 10.1. The van der Waals surface area contributed by atoms with E-state index in [1.165, 1.54) is 25.7 Å². The molecule has 2 heteroatoms. The molecule has 0 rings (SSSR count). The van der Waals surface area contributed by atoms with Crippen molar-refractivity contribution >= 4 is 5.97 Å². The highest BCUT2D eigenvalue weighted by Gasteiger charge is 2.02. The van der Waals surface area contributed by atoms with Crippen LogP contribution in [0.4, 0.5) is 0 Å². The van der Waals surface area contributed by atoms with Crippen molar-refractivity contribution in [2.24, 2.45) is 0 Å². The maximum Gasteiger partial charge on any atom is 0.305 e. The Balaban J connectivity index is 3.20. The van der Waals surface area contributed by atoms with Crippen molar-refractivity contribution in [3.8, 4) is 0 Å². The molecule has 0 aliphatic carbocycles. The third kappa shape index (κ3) is 16.9. The van der Waals surface area contributed by atoms with E-state index in [-0.39, 0.29) is 5.97 Å². The summed E-state index contributed by atoms with van der Waals surface area (Å²) in [7, 11) is 0.